The van der Waals surface area contributed by atoms with Gasteiger partial charge < -0.3 is 0 Å². The van der Waals surface area contributed by atoms with Gasteiger partial charge in [-0.15, -0.1) is 0 Å². The summed E-state index contributed by atoms with van der Waals surface area (Å²) in [6, 6.07) is 7.13. The number of alkyl halides is 3. The number of nitrogens with one attached hydrogen (secondary N) is 1. The van der Waals surface area contributed by atoms with Crippen LogP contribution in [-0.4, -0.2) is 24.7 Å². The molecule has 0 unspecified atom stereocenters. The minimum Gasteiger partial charge on any atom is -0.271 e. The second-order valence-electron chi connectivity index (χ2n) is 5.40. The maximum atomic E-state index is 12.5. The number of hydrogen-bond acceptors (Lipinski definition) is 4. The molecule has 0 aliphatic carbocycles. The predicted molar refractivity (Wildman–Crippen MR) is 92.2 cm³/mol. The zero-order valence-corrected chi connectivity index (χ0v) is 14.9. The summed E-state index contributed by atoms with van der Waals surface area (Å²) in [5.74, 6) is 0. The van der Waals surface area contributed by atoms with Crippen LogP contribution in [0.5, 0.6) is 0 Å². The van der Waals surface area contributed by atoms with Crippen molar-refractivity contribution in [3.8, 4) is 11.3 Å². The highest BCUT2D eigenvalue weighted by atomic mass is 32.2. The number of hydrogen-bond donors (Lipinski definition) is 1. The van der Waals surface area contributed by atoms with Crippen LogP contribution in [0.2, 0.25) is 0 Å². The zero-order chi connectivity index (χ0) is 18.8. The van der Waals surface area contributed by atoms with E-state index in [-0.39, 0.29) is 11.4 Å². The van der Waals surface area contributed by atoms with E-state index in [0.717, 1.165) is 35.5 Å². The summed E-state index contributed by atoms with van der Waals surface area (Å²) >= 11 is 1.55. The van der Waals surface area contributed by atoms with Crippen molar-refractivity contribution in [1.82, 2.24) is 14.5 Å². The zero-order valence-electron chi connectivity index (χ0n) is 13.3. The van der Waals surface area contributed by atoms with E-state index in [2.05, 4.69) is 9.82 Å². The first-order valence-corrected chi connectivity index (χ1v) is 9.91. The number of thiophene rings is 1. The van der Waals surface area contributed by atoms with E-state index in [1.165, 1.54) is 0 Å². The molecule has 26 heavy (non-hydrogen) atoms. The Balaban J connectivity index is 1.60. The van der Waals surface area contributed by atoms with Crippen LogP contribution in [0.15, 0.2) is 58.3 Å². The van der Waals surface area contributed by atoms with Gasteiger partial charge in [0.25, 0.3) is 0 Å². The molecule has 2 aromatic heterocycles. The first kappa shape index (κ1) is 18.6. The minimum absolute atomic E-state index is 0.0636. The molecular formula is C16H14F3N3O2S2. The van der Waals surface area contributed by atoms with E-state index in [0.29, 0.717) is 6.54 Å². The molecule has 3 rings (SSSR count). The van der Waals surface area contributed by atoms with Crippen molar-refractivity contribution in [3.63, 3.8) is 0 Å². The fourth-order valence-corrected chi connectivity index (χ4v) is 3.92. The van der Waals surface area contributed by atoms with Crippen LogP contribution < -0.4 is 4.72 Å². The SMILES string of the molecule is O=S(=O)(NCCn1ccc(-c2ccsc2)n1)c1ccc(C(F)(F)F)cc1. The molecule has 0 spiro atoms. The monoisotopic (exact) mass is 401 g/mol. The third-order valence-electron chi connectivity index (χ3n) is 3.58. The van der Waals surface area contributed by atoms with Crippen LogP contribution in [-0.2, 0) is 22.7 Å². The topological polar surface area (TPSA) is 64.0 Å². The van der Waals surface area contributed by atoms with Gasteiger partial charge >= 0.3 is 6.18 Å². The van der Waals surface area contributed by atoms with Crippen molar-refractivity contribution in [2.75, 3.05) is 6.54 Å². The average Bonchev–Trinajstić information content (AvgIpc) is 3.25. The molecule has 0 fully saturated rings. The van der Waals surface area contributed by atoms with Crippen LogP contribution in [0, 0.1) is 0 Å². The van der Waals surface area contributed by atoms with Crippen LogP contribution in [0.1, 0.15) is 5.56 Å². The lowest BCUT2D eigenvalue weighted by atomic mass is 10.2. The molecule has 0 bridgehead atoms. The summed E-state index contributed by atoms with van der Waals surface area (Å²) in [6.07, 6.45) is -2.77. The number of benzene rings is 1. The minimum atomic E-state index is -4.50. The number of aromatic nitrogens is 2. The van der Waals surface area contributed by atoms with Crippen molar-refractivity contribution in [3.05, 3.63) is 58.9 Å². The van der Waals surface area contributed by atoms with E-state index < -0.39 is 21.8 Å². The molecule has 0 saturated heterocycles. The largest absolute Gasteiger partial charge is 0.416 e. The van der Waals surface area contributed by atoms with Gasteiger partial charge in [-0.3, -0.25) is 4.68 Å². The second-order valence-corrected chi connectivity index (χ2v) is 7.94. The fraction of sp³-hybridized carbons (Fsp3) is 0.188. The normalized spacial score (nSPS) is 12.4. The molecule has 3 aromatic rings. The molecule has 0 amide bonds. The van der Waals surface area contributed by atoms with Gasteiger partial charge in [0.05, 0.1) is 22.7 Å². The van der Waals surface area contributed by atoms with Crippen molar-refractivity contribution < 1.29 is 21.6 Å². The Kier molecular flexibility index (Phi) is 5.17. The van der Waals surface area contributed by atoms with Crippen molar-refractivity contribution in [2.45, 2.75) is 17.6 Å². The Morgan fingerprint density at radius 3 is 2.46 bits per heavy atom. The summed E-state index contributed by atoms with van der Waals surface area (Å²) in [4.78, 5) is -0.218. The molecule has 0 radical (unpaired) electrons. The quantitative estimate of drug-likeness (QED) is 0.686. The lowest BCUT2D eigenvalue weighted by Gasteiger charge is -2.09. The predicted octanol–water partition coefficient (Wildman–Crippen LogP) is 3.61. The smallest absolute Gasteiger partial charge is 0.271 e. The highest BCUT2D eigenvalue weighted by molar-refractivity contribution is 7.89. The lowest BCUT2D eigenvalue weighted by Crippen LogP contribution is -2.27. The van der Waals surface area contributed by atoms with Crippen molar-refractivity contribution in [1.29, 1.82) is 0 Å². The summed E-state index contributed by atoms with van der Waals surface area (Å²) in [5.41, 5.74) is 0.880. The number of sulfonamides is 1. The lowest BCUT2D eigenvalue weighted by molar-refractivity contribution is -0.137. The standard InChI is InChI=1S/C16H14F3N3O2S2/c17-16(18,19)13-1-3-14(4-2-13)26(23,24)20-7-9-22-8-5-15(21-22)12-6-10-25-11-12/h1-6,8,10-11,20H,7,9H2. The molecule has 1 aromatic carbocycles. The highest BCUT2D eigenvalue weighted by Gasteiger charge is 2.30. The van der Waals surface area contributed by atoms with Gasteiger partial charge in [0, 0.05) is 23.7 Å². The van der Waals surface area contributed by atoms with E-state index in [9.17, 15) is 21.6 Å². The molecule has 1 N–H and O–H groups in total. The number of halogens is 3. The van der Waals surface area contributed by atoms with Crippen LogP contribution in [0.4, 0.5) is 13.2 Å². The van der Waals surface area contributed by atoms with Gasteiger partial charge in [-0.1, -0.05) is 0 Å². The van der Waals surface area contributed by atoms with Gasteiger partial charge in [0.2, 0.25) is 10.0 Å². The molecule has 0 saturated carbocycles. The fourth-order valence-electron chi connectivity index (χ4n) is 2.25. The molecule has 10 heteroatoms. The van der Waals surface area contributed by atoms with Crippen LogP contribution in [0.3, 0.4) is 0 Å². The Hall–Kier alpha value is -2.17. The summed E-state index contributed by atoms with van der Waals surface area (Å²) in [6.45, 7) is 0.359. The molecule has 2 heterocycles. The Labute approximate surface area is 152 Å². The maximum Gasteiger partial charge on any atom is 0.416 e. The van der Waals surface area contributed by atoms with Crippen molar-refractivity contribution in [2.24, 2.45) is 0 Å². The number of nitrogens with zero attached hydrogens (tertiary/aromatic N) is 2. The van der Waals surface area contributed by atoms with Crippen molar-refractivity contribution >= 4 is 21.4 Å². The first-order chi connectivity index (χ1) is 12.3. The molecule has 0 aliphatic heterocycles. The van der Waals surface area contributed by atoms with E-state index in [4.69, 9.17) is 0 Å². The van der Waals surface area contributed by atoms with Gasteiger partial charge in [-0.05, 0) is 41.8 Å². The molecule has 0 aliphatic rings. The average molecular weight is 401 g/mol. The Morgan fingerprint density at radius 1 is 1.12 bits per heavy atom. The molecule has 0 atom stereocenters. The maximum absolute atomic E-state index is 12.5. The van der Waals surface area contributed by atoms with Crippen LogP contribution in [0.25, 0.3) is 11.3 Å². The Morgan fingerprint density at radius 2 is 1.85 bits per heavy atom. The van der Waals surface area contributed by atoms with E-state index >= 15 is 0 Å². The Bertz CT molecular complexity index is 963. The summed E-state index contributed by atoms with van der Waals surface area (Å²) in [5, 5.41) is 8.24. The first-order valence-electron chi connectivity index (χ1n) is 7.49. The third-order valence-corrected chi connectivity index (χ3v) is 5.74. The molecular weight excluding hydrogens is 387 g/mol. The van der Waals surface area contributed by atoms with E-state index in [1.807, 2.05) is 22.9 Å². The second kappa shape index (κ2) is 7.22. The summed E-state index contributed by atoms with van der Waals surface area (Å²) < 4.78 is 65.9. The van der Waals surface area contributed by atoms with E-state index in [1.54, 1.807) is 22.2 Å². The number of rotatable bonds is 6. The summed E-state index contributed by atoms with van der Waals surface area (Å²) in [7, 11) is -3.89. The highest BCUT2D eigenvalue weighted by Crippen LogP contribution is 2.29. The molecule has 5 nitrogen and oxygen atoms in total. The van der Waals surface area contributed by atoms with Gasteiger partial charge in [-0.2, -0.15) is 29.6 Å². The van der Waals surface area contributed by atoms with Gasteiger partial charge in [-0.25, -0.2) is 13.1 Å². The van der Waals surface area contributed by atoms with Gasteiger partial charge in [0.15, 0.2) is 0 Å². The van der Waals surface area contributed by atoms with Gasteiger partial charge in [0.1, 0.15) is 0 Å². The van der Waals surface area contributed by atoms with Crippen LogP contribution >= 0.6 is 11.3 Å². The third kappa shape index (κ3) is 4.32. The molecule has 138 valence electrons.